The molecule has 3 nitrogen and oxygen atoms in total. The molecule has 1 aromatic carbocycles. The van der Waals surface area contributed by atoms with Gasteiger partial charge in [-0.3, -0.25) is 4.79 Å². The second kappa shape index (κ2) is 8.32. The van der Waals surface area contributed by atoms with E-state index < -0.39 is 0 Å². The Kier molecular flexibility index (Phi) is 6.40. The van der Waals surface area contributed by atoms with Crippen molar-refractivity contribution in [2.24, 2.45) is 0 Å². The van der Waals surface area contributed by atoms with Gasteiger partial charge in [-0.15, -0.1) is 11.8 Å². The van der Waals surface area contributed by atoms with Crippen LogP contribution in [0.15, 0.2) is 23.1 Å². The van der Waals surface area contributed by atoms with E-state index in [1.54, 1.807) is 11.8 Å². The minimum Gasteiger partial charge on any atom is -0.354 e. The van der Waals surface area contributed by atoms with E-state index in [-0.39, 0.29) is 5.91 Å². The molecule has 0 aliphatic heterocycles. The quantitative estimate of drug-likeness (QED) is 0.571. The first-order valence-corrected chi connectivity index (χ1v) is 8.50. The molecular weight excluding hydrogens is 268 g/mol. The molecule has 0 heterocycles. The lowest BCUT2D eigenvalue weighted by Crippen LogP contribution is -2.33. The number of aryl methyl sites for hydroxylation is 2. The second-order valence-corrected chi connectivity index (χ2v) is 6.22. The first-order chi connectivity index (χ1) is 9.79. The molecule has 1 aliphatic carbocycles. The Morgan fingerprint density at radius 3 is 2.90 bits per heavy atom. The van der Waals surface area contributed by atoms with Gasteiger partial charge in [-0.25, -0.2) is 0 Å². The fraction of sp³-hybridized carbons (Fsp3) is 0.562. The summed E-state index contributed by atoms with van der Waals surface area (Å²) in [6.45, 7) is 4.71. The summed E-state index contributed by atoms with van der Waals surface area (Å²) in [6, 6.07) is 6.62. The zero-order valence-electron chi connectivity index (χ0n) is 12.2. The number of amides is 1. The molecule has 0 unspecified atom stereocenters. The highest BCUT2D eigenvalue weighted by molar-refractivity contribution is 8.00. The van der Waals surface area contributed by atoms with E-state index in [1.165, 1.54) is 35.3 Å². The van der Waals surface area contributed by atoms with Gasteiger partial charge in [-0.2, -0.15) is 0 Å². The predicted octanol–water partition coefficient (Wildman–Crippen LogP) is 2.38. The van der Waals surface area contributed by atoms with Crippen molar-refractivity contribution in [1.82, 2.24) is 10.6 Å². The smallest absolute Gasteiger partial charge is 0.230 e. The Labute approximate surface area is 125 Å². The van der Waals surface area contributed by atoms with Crippen LogP contribution in [-0.2, 0) is 17.6 Å². The van der Waals surface area contributed by atoms with E-state index >= 15 is 0 Å². The van der Waals surface area contributed by atoms with Gasteiger partial charge in [0, 0.05) is 18.0 Å². The first kappa shape index (κ1) is 15.4. The normalized spacial score (nSPS) is 13.2. The summed E-state index contributed by atoms with van der Waals surface area (Å²) < 4.78 is 0. The summed E-state index contributed by atoms with van der Waals surface area (Å²) in [5, 5.41) is 6.21. The Bertz CT molecular complexity index is 448. The largest absolute Gasteiger partial charge is 0.354 e. The number of benzene rings is 1. The number of nitrogens with one attached hydrogen (secondary N) is 2. The number of thioether (sulfide) groups is 1. The van der Waals surface area contributed by atoms with Gasteiger partial charge >= 0.3 is 0 Å². The molecule has 0 saturated heterocycles. The summed E-state index contributed by atoms with van der Waals surface area (Å²) in [7, 11) is 0. The zero-order chi connectivity index (χ0) is 14.2. The van der Waals surface area contributed by atoms with Gasteiger partial charge in [-0.05, 0) is 55.5 Å². The molecule has 0 saturated carbocycles. The van der Waals surface area contributed by atoms with Crippen molar-refractivity contribution >= 4 is 17.7 Å². The van der Waals surface area contributed by atoms with Crippen LogP contribution in [0, 0.1) is 0 Å². The van der Waals surface area contributed by atoms with Gasteiger partial charge in [-0.1, -0.05) is 13.0 Å². The van der Waals surface area contributed by atoms with Gasteiger partial charge in [0.05, 0.1) is 5.75 Å². The lowest BCUT2D eigenvalue weighted by atomic mass is 10.1. The molecule has 2 N–H and O–H groups in total. The summed E-state index contributed by atoms with van der Waals surface area (Å²) in [5.74, 6) is 0.626. The topological polar surface area (TPSA) is 41.1 Å². The maximum absolute atomic E-state index is 11.7. The second-order valence-electron chi connectivity index (χ2n) is 5.17. The molecule has 0 atom stereocenters. The molecule has 0 spiro atoms. The van der Waals surface area contributed by atoms with E-state index in [0.29, 0.717) is 12.3 Å². The van der Waals surface area contributed by atoms with E-state index in [9.17, 15) is 4.79 Å². The third-order valence-electron chi connectivity index (χ3n) is 3.49. The van der Waals surface area contributed by atoms with Crippen LogP contribution in [0.1, 0.15) is 30.9 Å². The van der Waals surface area contributed by atoms with Crippen LogP contribution >= 0.6 is 11.8 Å². The van der Waals surface area contributed by atoms with Gasteiger partial charge in [0.1, 0.15) is 0 Å². The predicted molar refractivity (Wildman–Crippen MR) is 85.4 cm³/mol. The SMILES string of the molecule is CCCNCCNC(=O)CSc1ccc2c(c1)CCC2. The highest BCUT2D eigenvalue weighted by Gasteiger charge is 2.11. The van der Waals surface area contributed by atoms with Gasteiger partial charge in [0.25, 0.3) is 0 Å². The third kappa shape index (κ3) is 4.84. The van der Waals surface area contributed by atoms with Crippen molar-refractivity contribution in [3.63, 3.8) is 0 Å². The lowest BCUT2D eigenvalue weighted by Gasteiger charge is -2.07. The van der Waals surface area contributed by atoms with Crippen LogP contribution < -0.4 is 10.6 Å². The number of carbonyl (C=O) groups excluding carboxylic acids is 1. The van der Waals surface area contributed by atoms with E-state index in [1.807, 2.05) is 0 Å². The molecule has 1 aromatic rings. The highest BCUT2D eigenvalue weighted by atomic mass is 32.2. The van der Waals surface area contributed by atoms with Gasteiger partial charge < -0.3 is 10.6 Å². The maximum Gasteiger partial charge on any atom is 0.230 e. The number of carbonyl (C=O) groups is 1. The lowest BCUT2D eigenvalue weighted by molar-refractivity contribution is -0.118. The zero-order valence-corrected chi connectivity index (χ0v) is 13.0. The molecule has 0 fully saturated rings. The average Bonchev–Trinajstić information content (AvgIpc) is 2.92. The Balaban J connectivity index is 1.66. The van der Waals surface area contributed by atoms with E-state index in [2.05, 4.69) is 35.8 Å². The van der Waals surface area contributed by atoms with Gasteiger partial charge in [0.2, 0.25) is 5.91 Å². The molecule has 1 amide bonds. The monoisotopic (exact) mass is 292 g/mol. The van der Waals surface area contributed by atoms with Crippen molar-refractivity contribution in [2.75, 3.05) is 25.4 Å². The summed E-state index contributed by atoms with van der Waals surface area (Å²) in [4.78, 5) is 12.9. The first-order valence-electron chi connectivity index (χ1n) is 7.51. The number of fused-ring (bicyclic) bond motifs is 1. The van der Waals surface area contributed by atoms with Crippen LogP contribution in [0.25, 0.3) is 0 Å². The fourth-order valence-electron chi connectivity index (χ4n) is 2.43. The molecule has 0 bridgehead atoms. The molecule has 0 aromatic heterocycles. The molecule has 110 valence electrons. The molecule has 2 rings (SSSR count). The Morgan fingerprint density at radius 1 is 1.20 bits per heavy atom. The number of rotatable bonds is 8. The minimum atomic E-state index is 0.119. The van der Waals surface area contributed by atoms with Gasteiger partial charge in [0.15, 0.2) is 0 Å². The summed E-state index contributed by atoms with van der Waals surface area (Å²) in [6.07, 6.45) is 4.81. The molecule has 20 heavy (non-hydrogen) atoms. The average molecular weight is 292 g/mol. The number of hydrogen-bond acceptors (Lipinski definition) is 3. The minimum absolute atomic E-state index is 0.119. The molecule has 0 radical (unpaired) electrons. The highest BCUT2D eigenvalue weighted by Crippen LogP contribution is 2.27. The summed E-state index contributed by atoms with van der Waals surface area (Å²) >= 11 is 1.63. The van der Waals surface area contributed by atoms with Crippen molar-refractivity contribution < 1.29 is 4.79 Å². The molecular formula is C16H24N2OS. The standard InChI is InChI=1S/C16H24N2OS/c1-2-8-17-9-10-18-16(19)12-20-15-7-6-13-4-3-5-14(13)11-15/h6-7,11,17H,2-5,8-10,12H2,1H3,(H,18,19). The van der Waals surface area contributed by atoms with Crippen LogP contribution in [0.5, 0.6) is 0 Å². The van der Waals surface area contributed by atoms with Crippen molar-refractivity contribution in [1.29, 1.82) is 0 Å². The Hall–Kier alpha value is -1.00. The fourth-order valence-corrected chi connectivity index (χ4v) is 3.22. The van der Waals surface area contributed by atoms with Crippen molar-refractivity contribution in [3.8, 4) is 0 Å². The van der Waals surface area contributed by atoms with Crippen LogP contribution in [0.4, 0.5) is 0 Å². The van der Waals surface area contributed by atoms with Crippen molar-refractivity contribution in [3.05, 3.63) is 29.3 Å². The van der Waals surface area contributed by atoms with Crippen molar-refractivity contribution in [2.45, 2.75) is 37.5 Å². The number of hydrogen-bond donors (Lipinski definition) is 2. The van der Waals surface area contributed by atoms with E-state index in [0.717, 1.165) is 19.5 Å². The maximum atomic E-state index is 11.7. The summed E-state index contributed by atoms with van der Waals surface area (Å²) in [5.41, 5.74) is 2.96. The molecule has 4 heteroatoms. The van der Waals surface area contributed by atoms with Crippen LogP contribution in [-0.4, -0.2) is 31.3 Å². The van der Waals surface area contributed by atoms with Crippen LogP contribution in [0.2, 0.25) is 0 Å². The molecule has 1 aliphatic rings. The third-order valence-corrected chi connectivity index (χ3v) is 4.48. The van der Waals surface area contributed by atoms with Crippen LogP contribution in [0.3, 0.4) is 0 Å². The van der Waals surface area contributed by atoms with E-state index in [4.69, 9.17) is 0 Å². The Morgan fingerprint density at radius 2 is 2.05 bits per heavy atom.